The molecule has 0 saturated heterocycles. The van der Waals surface area contributed by atoms with E-state index in [9.17, 15) is 13.2 Å². The third-order valence-electron chi connectivity index (χ3n) is 5.62. The first-order valence-electron chi connectivity index (χ1n) is 10.4. The SMILES string of the molecule is CC[C@H](C(=O)N[C@@H](C)c1ccc2c(c1)CCCC2)N(c1cccc(Cl)c1)S(C)(=O)=O. The van der Waals surface area contributed by atoms with E-state index in [1.54, 1.807) is 31.2 Å². The number of benzene rings is 2. The van der Waals surface area contributed by atoms with Crippen LogP contribution in [0.5, 0.6) is 0 Å². The third kappa shape index (κ3) is 5.16. The number of sulfonamides is 1. The molecule has 0 aliphatic heterocycles. The van der Waals surface area contributed by atoms with E-state index in [4.69, 9.17) is 11.6 Å². The highest BCUT2D eigenvalue weighted by atomic mass is 35.5. The highest BCUT2D eigenvalue weighted by Gasteiger charge is 2.32. The Kier molecular flexibility index (Phi) is 7.09. The fraction of sp³-hybridized carbons (Fsp3) is 0.435. The minimum atomic E-state index is -3.69. The summed E-state index contributed by atoms with van der Waals surface area (Å²) < 4.78 is 26.3. The number of nitrogens with one attached hydrogen (secondary N) is 1. The number of fused-ring (bicyclic) bond motifs is 1. The fourth-order valence-corrected chi connectivity index (χ4v) is 5.48. The molecule has 5 nitrogen and oxygen atoms in total. The van der Waals surface area contributed by atoms with Crippen molar-refractivity contribution in [1.29, 1.82) is 0 Å². The van der Waals surface area contributed by atoms with Crippen LogP contribution in [0.15, 0.2) is 42.5 Å². The predicted octanol–water partition coefficient (Wildman–Crippen LogP) is 4.64. The van der Waals surface area contributed by atoms with Gasteiger partial charge in [-0.25, -0.2) is 8.42 Å². The smallest absolute Gasteiger partial charge is 0.244 e. The van der Waals surface area contributed by atoms with Gasteiger partial charge in [0.25, 0.3) is 0 Å². The second-order valence-corrected chi connectivity index (χ2v) is 10.2. The van der Waals surface area contributed by atoms with E-state index in [2.05, 4.69) is 23.5 Å². The quantitative estimate of drug-likeness (QED) is 0.670. The van der Waals surface area contributed by atoms with Gasteiger partial charge in [0.15, 0.2) is 0 Å². The first-order chi connectivity index (χ1) is 14.2. The van der Waals surface area contributed by atoms with Crippen LogP contribution in [0.25, 0.3) is 0 Å². The number of nitrogens with zero attached hydrogens (tertiary/aromatic N) is 1. The van der Waals surface area contributed by atoms with Gasteiger partial charge in [-0.3, -0.25) is 9.10 Å². The minimum Gasteiger partial charge on any atom is -0.348 e. The molecule has 3 rings (SSSR count). The van der Waals surface area contributed by atoms with Crippen LogP contribution in [0.1, 0.15) is 55.8 Å². The van der Waals surface area contributed by atoms with Gasteiger partial charge in [0.1, 0.15) is 6.04 Å². The maximum absolute atomic E-state index is 13.1. The summed E-state index contributed by atoms with van der Waals surface area (Å²) in [6.07, 6.45) is 6.04. The van der Waals surface area contributed by atoms with Crippen LogP contribution < -0.4 is 9.62 Å². The Morgan fingerprint density at radius 3 is 2.47 bits per heavy atom. The number of carbonyl (C=O) groups is 1. The van der Waals surface area contributed by atoms with Crippen LogP contribution >= 0.6 is 11.6 Å². The van der Waals surface area contributed by atoms with Crippen LogP contribution in [-0.2, 0) is 27.7 Å². The van der Waals surface area contributed by atoms with Crippen molar-refractivity contribution >= 4 is 33.2 Å². The monoisotopic (exact) mass is 448 g/mol. The van der Waals surface area contributed by atoms with Crippen molar-refractivity contribution in [3.8, 4) is 0 Å². The molecule has 2 aromatic rings. The normalized spacial score (nSPS) is 15.7. The van der Waals surface area contributed by atoms with Crippen LogP contribution in [0.4, 0.5) is 5.69 Å². The lowest BCUT2D eigenvalue weighted by Crippen LogP contribution is -2.49. The molecule has 1 amide bonds. The van der Waals surface area contributed by atoms with E-state index in [-0.39, 0.29) is 11.9 Å². The van der Waals surface area contributed by atoms with Crippen LogP contribution in [0.2, 0.25) is 5.02 Å². The number of aryl methyl sites for hydroxylation is 2. The van der Waals surface area contributed by atoms with Crippen LogP contribution in [-0.4, -0.2) is 26.6 Å². The van der Waals surface area contributed by atoms with Crippen molar-refractivity contribution < 1.29 is 13.2 Å². The zero-order valence-corrected chi connectivity index (χ0v) is 19.3. The van der Waals surface area contributed by atoms with E-state index in [1.165, 1.54) is 24.0 Å². The number of hydrogen-bond acceptors (Lipinski definition) is 3. The maximum atomic E-state index is 13.1. The zero-order chi connectivity index (χ0) is 21.9. The molecule has 0 radical (unpaired) electrons. The number of carbonyl (C=O) groups excluding carboxylic acids is 1. The largest absolute Gasteiger partial charge is 0.348 e. The van der Waals surface area contributed by atoms with E-state index >= 15 is 0 Å². The molecule has 162 valence electrons. The van der Waals surface area contributed by atoms with E-state index in [1.807, 2.05) is 6.92 Å². The molecule has 7 heteroatoms. The van der Waals surface area contributed by atoms with Crippen molar-refractivity contribution in [1.82, 2.24) is 5.32 Å². The van der Waals surface area contributed by atoms with Gasteiger partial charge in [0.2, 0.25) is 15.9 Å². The van der Waals surface area contributed by atoms with Gasteiger partial charge >= 0.3 is 0 Å². The lowest BCUT2D eigenvalue weighted by atomic mass is 9.89. The molecule has 0 spiro atoms. The molecule has 0 saturated carbocycles. The molecular formula is C23H29ClN2O3S. The van der Waals surface area contributed by atoms with Gasteiger partial charge in [0, 0.05) is 5.02 Å². The zero-order valence-electron chi connectivity index (χ0n) is 17.7. The van der Waals surface area contributed by atoms with Gasteiger partial charge in [-0.2, -0.15) is 0 Å². The van der Waals surface area contributed by atoms with Gasteiger partial charge < -0.3 is 5.32 Å². The third-order valence-corrected chi connectivity index (χ3v) is 7.04. The molecule has 1 N–H and O–H groups in total. The highest BCUT2D eigenvalue weighted by molar-refractivity contribution is 7.92. The summed E-state index contributed by atoms with van der Waals surface area (Å²) in [5.74, 6) is -0.326. The molecule has 0 unspecified atom stereocenters. The van der Waals surface area contributed by atoms with Crippen molar-refractivity contribution in [3.05, 3.63) is 64.2 Å². The standard InChI is InChI=1S/C23H29ClN2O3S/c1-4-22(26(30(3,28)29)21-11-7-10-20(24)15-21)23(27)25-16(2)18-13-12-17-8-5-6-9-19(17)14-18/h7,10-16,22H,4-6,8-9H2,1-3H3,(H,25,27)/t16-,22+/m0/s1. The molecular weight excluding hydrogens is 420 g/mol. The summed E-state index contributed by atoms with van der Waals surface area (Å²) in [7, 11) is -3.69. The Balaban J connectivity index is 1.83. The van der Waals surface area contributed by atoms with E-state index in [0.29, 0.717) is 17.1 Å². The van der Waals surface area contributed by atoms with Crippen LogP contribution in [0.3, 0.4) is 0 Å². The average Bonchev–Trinajstić information content (AvgIpc) is 2.70. The van der Waals surface area contributed by atoms with E-state index < -0.39 is 16.1 Å². The maximum Gasteiger partial charge on any atom is 0.244 e. The second-order valence-electron chi connectivity index (χ2n) is 7.93. The Morgan fingerprint density at radius 2 is 1.83 bits per heavy atom. The van der Waals surface area contributed by atoms with Gasteiger partial charge in [-0.1, -0.05) is 42.8 Å². The van der Waals surface area contributed by atoms with Gasteiger partial charge in [-0.05, 0) is 73.9 Å². The summed E-state index contributed by atoms with van der Waals surface area (Å²) in [4.78, 5) is 13.1. The lowest BCUT2D eigenvalue weighted by molar-refractivity contribution is -0.122. The molecule has 1 aliphatic carbocycles. The summed E-state index contributed by atoms with van der Waals surface area (Å²) >= 11 is 6.07. The lowest BCUT2D eigenvalue weighted by Gasteiger charge is -2.31. The Hall–Kier alpha value is -2.05. The van der Waals surface area contributed by atoms with E-state index in [0.717, 1.165) is 29.0 Å². The van der Waals surface area contributed by atoms with Crippen LogP contribution in [0, 0.1) is 0 Å². The van der Waals surface area contributed by atoms with Crippen molar-refractivity contribution in [2.75, 3.05) is 10.6 Å². The average molecular weight is 449 g/mol. The first kappa shape index (κ1) is 22.6. The number of anilines is 1. The molecule has 0 fully saturated rings. The van der Waals surface area contributed by atoms with Crippen molar-refractivity contribution in [2.45, 2.75) is 58.0 Å². The van der Waals surface area contributed by atoms with Gasteiger partial charge in [0.05, 0.1) is 18.0 Å². The molecule has 30 heavy (non-hydrogen) atoms. The molecule has 2 atom stereocenters. The molecule has 2 aromatic carbocycles. The predicted molar refractivity (Wildman–Crippen MR) is 122 cm³/mol. The topological polar surface area (TPSA) is 66.5 Å². The fourth-order valence-electron chi connectivity index (χ4n) is 4.09. The minimum absolute atomic E-state index is 0.223. The molecule has 0 aromatic heterocycles. The van der Waals surface area contributed by atoms with Crippen molar-refractivity contribution in [3.63, 3.8) is 0 Å². The second kappa shape index (κ2) is 9.40. The van der Waals surface area contributed by atoms with Crippen molar-refractivity contribution in [2.24, 2.45) is 0 Å². The Bertz CT molecular complexity index is 1020. The number of amides is 1. The molecule has 1 aliphatic rings. The molecule has 0 bridgehead atoms. The summed E-state index contributed by atoms with van der Waals surface area (Å²) in [5, 5.41) is 3.43. The number of rotatable bonds is 7. The van der Waals surface area contributed by atoms with Gasteiger partial charge in [-0.15, -0.1) is 0 Å². The molecule has 0 heterocycles. The first-order valence-corrected chi connectivity index (χ1v) is 12.6. The number of hydrogen-bond donors (Lipinski definition) is 1. The summed E-state index contributed by atoms with van der Waals surface area (Å²) in [6, 6.07) is 11.9. The number of halogens is 1. The summed E-state index contributed by atoms with van der Waals surface area (Å²) in [5.41, 5.74) is 4.16. The Labute approximate surface area is 184 Å². The highest BCUT2D eigenvalue weighted by Crippen LogP contribution is 2.27. The Morgan fingerprint density at radius 1 is 1.13 bits per heavy atom. The summed E-state index contributed by atoms with van der Waals surface area (Å²) in [6.45, 7) is 3.73.